The number of carbonyl (C=O) groups is 1. The van der Waals surface area contributed by atoms with Crippen molar-refractivity contribution in [2.24, 2.45) is 0 Å². The Morgan fingerprint density at radius 3 is 2.61 bits per heavy atom. The number of carbonyl (C=O) groups excluding carboxylic acids is 1. The van der Waals surface area contributed by atoms with E-state index in [0.717, 1.165) is 39.9 Å². The van der Waals surface area contributed by atoms with Gasteiger partial charge < -0.3 is 4.90 Å². The number of para-hydroxylation sites is 1. The van der Waals surface area contributed by atoms with E-state index in [2.05, 4.69) is 11.1 Å². The van der Waals surface area contributed by atoms with Crippen LogP contribution in [0, 0.1) is 5.82 Å². The minimum absolute atomic E-state index is 0.0717. The minimum atomic E-state index is -3.83. The highest BCUT2D eigenvalue weighted by atomic mass is 32.2. The van der Waals surface area contributed by atoms with Gasteiger partial charge in [0.15, 0.2) is 0 Å². The SMILES string of the molecule is CS(=O)(=O)N(CC(=O)N1CCCC(c2cc3ccccc3cn2)C1)c1ccccc1F. The standard InChI is InChI=1S/C23H24FN3O3S/c1-31(29,30)27(22-11-5-4-10-20(22)24)16-23(28)26-12-6-9-19(15-26)21-13-17-7-2-3-8-18(17)14-25-21/h2-5,7-8,10-11,13-14,19H,6,9,12,15-16H2,1H3. The first-order valence-electron chi connectivity index (χ1n) is 10.2. The third-order valence-corrected chi connectivity index (χ3v) is 6.77. The van der Waals surface area contributed by atoms with Crippen molar-refractivity contribution in [1.82, 2.24) is 9.88 Å². The lowest BCUT2D eigenvalue weighted by atomic mass is 9.93. The maximum atomic E-state index is 14.2. The molecule has 0 N–H and O–H groups in total. The van der Waals surface area contributed by atoms with Gasteiger partial charge in [-0.2, -0.15) is 0 Å². The largest absolute Gasteiger partial charge is 0.340 e. The number of piperidine rings is 1. The number of benzene rings is 2. The Hall–Kier alpha value is -3.00. The summed E-state index contributed by atoms with van der Waals surface area (Å²) in [6.07, 6.45) is 4.52. The second-order valence-corrected chi connectivity index (χ2v) is 9.76. The van der Waals surface area contributed by atoms with Crippen molar-refractivity contribution in [1.29, 1.82) is 0 Å². The summed E-state index contributed by atoms with van der Waals surface area (Å²) in [5.41, 5.74) is 0.799. The van der Waals surface area contributed by atoms with Gasteiger partial charge in [0.1, 0.15) is 12.4 Å². The van der Waals surface area contributed by atoms with Gasteiger partial charge in [-0.15, -0.1) is 0 Å². The summed E-state index contributed by atoms with van der Waals surface area (Å²) in [6.45, 7) is 0.564. The number of fused-ring (bicyclic) bond motifs is 1. The maximum Gasteiger partial charge on any atom is 0.243 e. The maximum absolute atomic E-state index is 14.2. The highest BCUT2D eigenvalue weighted by Gasteiger charge is 2.30. The van der Waals surface area contributed by atoms with Crippen LogP contribution in [0.15, 0.2) is 60.8 Å². The van der Waals surface area contributed by atoms with Crippen LogP contribution >= 0.6 is 0 Å². The molecular formula is C23H24FN3O3S. The van der Waals surface area contributed by atoms with Crippen molar-refractivity contribution in [3.8, 4) is 0 Å². The van der Waals surface area contributed by atoms with Crippen molar-refractivity contribution in [2.45, 2.75) is 18.8 Å². The van der Waals surface area contributed by atoms with Crippen LogP contribution in [0.25, 0.3) is 10.8 Å². The summed E-state index contributed by atoms with van der Waals surface area (Å²) in [6, 6.07) is 15.6. The van der Waals surface area contributed by atoms with Crippen molar-refractivity contribution in [3.63, 3.8) is 0 Å². The Labute approximate surface area is 181 Å². The summed E-state index contributed by atoms with van der Waals surface area (Å²) in [7, 11) is -3.83. The fourth-order valence-corrected chi connectivity index (χ4v) is 4.88. The van der Waals surface area contributed by atoms with Gasteiger partial charge in [0.05, 0.1) is 11.9 Å². The third kappa shape index (κ3) is 4.69. The highest BCUT2D eigenvalue weighted by Crippen LogP contribution is 2.28. The summed E-state index contributed by atoms with van der Waals surface area (Å²) < 4.78 is 39.7. The van der Waals surface area contributed by atoms with Crippen molar-refractivity contribution in [3.05, 3.63) is 72.3 Å². The molecule has 1 atom stereocenters. The number of anilines is 1. The molecule has 0 spiro atoms. The molecule has 1 aromatic heterocycles. The number of pyridine rings is 1. The monoisotopic (exact) mass is 441 g/mol. The molecule has 162 valence electrons. The molecule has 1 aliphatic rings. The van der Waals surface area contributed by atoms with Crippen LogP contribution < -0.4 is 4.31 Å². The number of sulfonamides is 1. The van der Waals surface area contributed by atoms with E-state index in [1.165, 1.54) is 18.2 Å². The molecule has 0 saturated carbocycles. The van der Waals surface area contributed by atoms with Crippen LogP contribution in [0.1, 0.15) is 24.5 Å². The van der Waals surface area contributed by atoms with Crippen LogP contribution in [0.2, 0.25) is 0 Å². The summed E-state index contributed by atoms with van der Waals surface area (Å²) in [5.74, 6) is -0.959. The zero-order chi connectivity index (χ0) is 22.0. The Bertz CT molecular complexity index is 1220. The lowest BCUT2D eigenvalue weighted by Crippen LogP contribution is -2.46. The molecule has 8 heteroatoms. The van der Waals surface area contributed by atoms with Crippen LogP contribution in [0.5, 0.6) is 0 Å². The number of hydrogen-bond acceptors (Lipinski definition) is 4. The van der Waals surface area contributed by atoms with Gasteiger partial charge in [0.2, 0.25) is 15.9 Å². The quantitative estimate of drug-likeness (QED) is 0.607. The van der Waals surface area contributed by atoms with Gasteiger partial charge in [-0.05, 0) is 36.4 Å². The summed E-state index contributed by atoms with van der Waals surface area (Å²) in [5, 5.41) is 2.16. The molecular weight excluding hydrogens is 417 g/mol. The normalized spacial score (nSPS) is 17.0. The third-order valence-electron chi connectivity index (χ3n) is 5.64. The zero-order valence-electron chi connectivity index (χ0n) is 17.2. The number of nitrogens with zero attached hydrogens (tertiary/aromatic N) is 3. The first-order valence-corrected chi connectivity index (χ1v) is 12.0. The molecule has 2 aromatic carbocycles. The lowest BCUT2D eigenvalue weighted by Gasteiger charge is -2.34. The molecule has 0 radical (unpaired) electrons. The highest BCUT2D eigenvalue weighted by molar-refractivity contribution is 7.92. The smallest absolute Gasteiger partial charge is 0.243 e. The number of amides is 1. The molecule has 0 aliphatic carbocycles. The Morgan fingerprint density at radius 1 is 1.16 bits per heavy atom. The van der Waals surface area contributed by atoms with Gasteiger partial charge in [-0.3, -0.25) is 14.1 Å². The molecule has 4 rings (SSSR count). The molecule has 31 heavy (non-hydrogen) atoms. The van der Waals surface area contributed by atoms with Gasteiger partial charge in [0, 0.05) is 36.3 Å². The number of aromatic nitrogens is 1. The molecule has 1 unspecified atom stereocenters. The van der Waals surface area contributed by atoms with Gasteiger partial charge in [0.25, 0.3) is 0 Å². The molecule has 1 fully saturated rings. The first-order chi connectivity index (χ1) is 14.8. The molecule has 1 aliphatic heterocycles. The second-order valence-electron chi connectivity index (χ2n) is 7.86. The number of halogens is 1. The van der Waals surface area contributed by atoms with Crippen molar-refractivity contribution >= 4 is 32.4 Å². The second kappa shape index (κ2) is 8.63. The van der Waals surface area contributed by atoms with Crippen LogP contribution in [0.3, 0.4) is 0 Å². The van der Waals surface area contributed by atoms with Crippen LogP contribution in [0.4, 0.5) is 10.1 Å². The minimum Gasteiger partial charge on any atom is -0.340 e. The Morgan fingerprint density at radius 2 is 1.87 bits per heavy atom. The van der Waals surface area contributed by atoms with E-state index in [1.54, 1.807) is 11.0 Å². The van der Waals surface area contributed by atoms with E-state index in [4.69, 9.17) is 0 Å². The molecule has 6 nitrogen and oxygen atoms in total. The Kier molecular flexibility index (Phi) is 5.91. The van der Waals surface area contributed by atoms with E-state index in [-0.39, 0.29) is 17.5 Å². The lowest BCUT2D eigenvalue weighted by molar-refractivity contribution is -0.130. The number of rotatable bonds is 5. The number of hydrogen-bond donors (Lipinski definition) is 0. The van der Waals surface area contributed by atoms with Crippen molar-refractivity contribution in [2.75, 3.05) is 30.2 Å². The fourth-order valence-electron chi connectivity index (χ4n) is 4.03. The number of likely N-dealkylation sites (tertiary alicyclic amines) is 1. The molecule has 1 saturated heterocycles. The molecule has 3 aromatic rings. The summed E-state index contributed by atoms with van der Waals surface area (Å²) in [4.78, 5) is 19.3. The van der Waals surface area contributed by atoms with E-state index in [0.29, 0.717) is 13.1 Å². The van der Waals surface area contributed by atoms with E-state index < -0.39 is 22.4 Å². The van der Waals surface area contributed by atoms with E-state index in [9.17, 15) is 17.6 Å². The Balaban J connectivity index is 1.53. The van der Waals surface area contributed by atoms with E-state index in [1.807, 2.05) is 30.5 Å². The average Bonchev–Trinajstić information content (AvgIpc) is 2.77. The molecule has 0 bridgehead atoms. The van der Waals surface area contributed by atoms with Gasteiger partial charge in [-0.1, -0.05) is 36.4 Å². The van der Waals surface area contributed by atoms with Crippen LogP contribution in [-0.2, 0) is 14.8 Å². The zero-order valence-corrected chi connectivity index (χ0v) is 18.1. The predicted octanol–water partition coefficient (Wildman–Crippen LogP) is 3.55. The van der Waals surface area contributed by atoms with Crippen molar-refractivity contribution < 1.29 is 17.6 Å². The molecule has 1 amide bonds. The van der Waals surface area contributed by atoms with Gasteiger partial charge >= 0.3 is 0 Å². The van der Waals surface area contributed by atoms with Gasteiger partial charge in [-0.25, -0.2) is 12.8 Å². The van der Waals surface area contributed by atoms with E-state index >= 15 is 0 Å². The topological polar surface area (TPSA) is 70.6 Å². The summed E-state index contributed by atoms with van der Waals surface area (Å²) >= 11 is 0. The van der Waals surface area contributed by atoms with Crippen LogP contribution in [-0.4, -0.2) is 50.1 Å². The first kappa shape index (κ1) is 21.2. The predicted molar refractivity (Wildman–Crippen MR) is 119 cm³/mol. The molecule has 2 heterocycles. The average molecular weight is 442 g/mol. The fraction of sp³-hybridized carbons (Fsp3) is 0.304.